The van der Waals surface area contributed by atoms with Crippen LogP contribution in [-0.2, 0) is 4.74 Å². The SMILES string of the molecule is FC(F)(F)Oc1ccccc1[C@H]1CO1. The van der Waals surface area contributed by atoms with Crippen molar-refractivity contribution in [2.45, 2.75) is 12.5 Å². The van der Waals surface area contributed by atoms with Crippen LogP contribution in [0.1, 0.15) is 11.7 Å². The normalized spacial score (nSPS) is 20.6. The highest BCUT2D eigenvalue weighted by molar-refractivity contribution is 5.36. The van der Waals surface area contributed by atoms with Crippen molar-refractivity contribution in [3.63, 3.8) is 0 Å². The topological polar surface area (TPSA) is 21.8 Å². The van der Waals surface area contributed by atoms with Gasteiger partial charge in [0.05, 0.1) is 6.61 Å². The summed E-state index contributed by atoms with van der Waals surface area (Å²) in [5.74, 6) is -0.178. The van der Waals surface area contributed by atoms with E-state index in [1.807, 2.05) is 0 Å². The first kappa shape index (κ1) is 9.33. The van der Waals surface area contributed by atoms with E-state index in [2.05, 4.69) is 4.74 Å². The van der Waals surface area contributed by atoms with Crippen molar-refractivity contribution in [1.29, 1.82) is 0 Å². The van der Waals surface area contributed by atoms with Gasteiger partial charge < -0.3 is 9.47 Å². The van der Waals surface area contributed by atoms with Gasteiger partial charge in [-0.2, -0.15) is 0 Å². The monoisotopic (exact) mass is 204 g/mol. The number of hydrogen-bond acceptors (Lipinski definition) is 2. The van der Waals surface area contributed by atoms with Gasteiger partial charge in [0.25, 0.3) is 0 Å². The Balaban J connectivity index is 2.23. The van der Waals surface area contributed by atoms with Crippen molar-refractivity contribution >= 4 is 0 Å². The molecule has 0 N–H and O–H groups in total. The minimum absolute atomic E-state index is 0.178. The smallest absolute Gasteiger partial charge is 0.405 e. The highest BCUT2D eigenvalue weighted by Crippen LogP contribution is 2.37. The largest absolute Gasteiger partial charge is 0.573 e. The van der Waals surface area contributed by atoms with E-state index in [9.17, 15) is 13.2 Å². The molecule has 1 aliphatic rings. The van der Waals surface area contributed by atoms with Crippen molar-refractivity contribution in [3.8, 4) is 5.75 Å². The standard InChI is InChI=1S/C9H7F3O2/c10-9(11,12)14-7-4-2-1-3-6(7)8-5-13-8/h1-4,8H,5H2/t8-/m1/s1. The quantitative estimate of drug-likeness (QED) is 0.691. The molecule has 5 heteroatoms. The Kier molecular flexibility index (Phi) is 2.11. The summed E-state index contributed by atoms with van der Waals surface area (Å²) in [6.45, 7) is 0.457. The fraction of sp³-hybridized carbons (Fsp3) is 0.333. The average Bonchev–Trinajstić information content (AvgIpc) is 2.85. The lowest BCUT2D eigenvalue weighted by Crippen LogP contribution is -2.18. The summed E-state index contributed by atoms with van der Waals surface area (Å²) in [6, 6.07) is 6.00. The van der Waals surface area contributed by atoms with Crippen molar-refractivity contribution in [2.24, 2.45) is 0 Å². The van der Waals surface area contributed by atoms with Crippen LogP contribution in [-0.4, -0.2) is 13.0 Å². The van der Waals surface area contributed by atoms with Gasteiger partial charge in [-0.05, 0) is 6.07 Å². The van der Waals surface area contributed by atoms with Gasteiger partial charge in [-0.15, -0.1) is 13.2 Å². The van der Waals surface area contributed by atoms with Crippen molar-refractivity contribution in [2.75, 3.05) is 6.61 Å². The molecule has 0 spiro atoms. The van der Waals surface area contributed by atoms with E-state index in [0.29, 0.717) is 12.2 Å². The number of ether oxygens (including phenoxy) is 2. The summed E-state index contributed by atoms with van der Waals surface area (Å²) >= 11 is 0. The molecule has 0 aliphatic carbocycles. The lowest BCUT2D eigenvalue weighted by molar-refractivity contribution is -0.274. The van der Waals surface area contributed by atoms with Gasteiger partial charge >= 0.3 is 6.36 Å². The molecule has 0 saturated carbocycles. The molecule has 1 fully saturated rings. The molecular formula is C9H7F3O2. The maximum atomic E-state index is 11.9. The van der Waals surface area contributed by atoms with Crippen LogP contribution in [0.2, 0.25) is 0 Å². The lowest BCUT2D eigenvalue weighted by Gasteiger charge is -2.11. The van der Waals surface area contributed by atoms with E-state index in [1.54, 1.807) is 12.1 Å². The van der Waals surface area contributed by atoms with Crippen LogP contribution in [0, 0.1) is 0 Å². The molecule has 0 bridgehead atoms. The molecule has 1 aromatic carbocycles. The zero-order valence-corrected chi connectivity index (χ0v) is 7.04. The predicted octanol–water partition coefficient (Wildman–Crippen LogP) is 2.66. The number of benzene rings is 1. The zero-order valence-electron chi connectivity index (χ0n) is 7.04. The number of epoxide rings is 1. The van der Waals surface area contributed by atoms with E-state index in [1.165, 1.54) is 12.1 Å². The highest BCUT2D eigenvalue weighted by atomic mass is 19.4. The first-order valence-corrected chi connectivity index (χ1v) is 4.02. The van der Waals surface area contributed by atoms with Gasteiger partial charge in [-0.1, -0.05) is 18.2 Å². The number of hydrogen-bond donors (Lipinski definition) is 0. The lowest BCUT2D eigenvalue weighted by atomic mass is 10.1. The molecular weight excluding hydrogens is 197 g/mol. The predicted molar refractivity (Wildman–Crippen MR) is 41.8 cm³/mol. The fourth-order valence-corrected chi connectivity index (χ4v) is 1.19. The van der Waals surface area contributed by atoms with Gasteiger partial charge in [0.1, 0.15) is 11.9 Å². The second-order valence-corrected chi connectivity index (χ2v) is 2.91. The summed E-state index contributed by atoms with van der Waals surface area (Å²) in [4.78, 5) is 0. The maximum absolute atomic E-state index is 11.9. The first-order valence-electron chi connectivity index (χ1n) is 4.02. The molecule has 0 amide bonds. The summed E-state index contributed by atoms with van der Waals surface area (Å²) < 4.78 is 44.6. The Hall–Kier alpha value is -1.23. The Morgan fingerprint density at radius 2 is 1.93 bits per heavy atom. The molecule has 2 nitrogen and oxygen atoms in total. The van der Waals surface area contributed by atoms with Gasteiger partial charge in [0.15, 0.2) is 0 Å². The van der Waals surface area contributed by atoms with Crippen LogP contribution in [0.25, 0.3) is 0 Å². The van der Waals surface area contributed by atoms with Crippen LogP contribution in [0.4, 0.5) is 13.2 Å². The second kappa shape index (κ2) is 3.16. The fourth-order valence-electron chi connectivity index (χ4n) is 1.19. The van der Waals surface area contributed by atoms with E-state index in [0.717, 1.165) is 0 Å². The van der Waals surface area contributed by atoms with E-state index >= 15 is 0 Å². The molecule has 14 heavy (non-hydrogen) atoms. The maximum Gasteiger partial charge on any atom is 0.573 e. The molecule has 1 heterocycles. The van der Waals surface area contributed by atoms with Gasteiger partial charge in [-0.25, -0.2) is 0 Å². The molecule has 0 aromatic heterocycles. The van der Waals surface area contributed by atoms with E-state index in [-0.39, 0.29) is 11.9 Å². The van der Waals surface area contributed by atoms with Crippen LogP contribution in [0.5, 0.6) is 5.75 Å². The van der Waals surface area contributed by atoms with Crippen LogP contribution in [0.15, 0.2) is 24.3 Å². The molecule has 1 aromatic rings. The number of alkyl halides is 3. The Labute approximate surface area is 78.2 Å². The third kappa shape index (κ3) is 2.17. The Bertz CT molecular complexity index is 331. The van der Waals surface area contributed by atoms with Gasteiger partial charge in [0, 0.05) is 5.56 Å². The molecule has 1 atom stereocenters. The van der Waals surface area contributed by atoms with Crippen molar-refractivity contribution in [3.05, 3.63) is 29.8 Å². The van der Waals surface area contributed by atoms with E-state index in [4.69, 9.17) is 4.74 Å². The van der Waals surface area contributed by atoms with E-state index < -0.39 is 6.36 Å². The molecule has 0 unspecified atom stereocenters. The highest BCUT2D eigenvalue weighted by Gasteiger charge is 2.35. The molecule has 1 aliphatic heterocycles. The molecule has 76 valence electrons. The van der Waals surface area contributed by atoms with Crippen molar-refractivity contribution in [1.82, 2.24) is 0 Å². The molecule has 0 radical (unpaired) electrons. The zero-order chi connectivity index (χ0) is 10.2. The average molecular weight is 204 g/mol. The summed E-state index contributed by atoms with van der Waals surface area (Å²) in [5, 5.41) is 0. The van der Waals surface area contributed by atoms with Gasteiger partial charge in [0.2, 0.25) is 0 Å². The summed E-state index contributed by atoms with van der Waals surface area (Å²) in [5.41, 5.74) is 0.449. The first-order chi connectivity index (χ1) is 6.56. The van der Waals surface area contributed by atoms with Crippen LogP contribution in [0.3, 0.4) is 0 Å². The third-order valence-electron chi connectivity index (χ3n) is 1.82. The Morgan fingerprint density at radius 1 is 1.29 bits per heavy atom. The minimum Gasteiger partial charge on any atom is -0.405 e. The summed E-state index contributed by atoms with van der Waals surface area (Å²) in [7, 11) is 0. The Morgan fingerprint density at radius 3 is 2.50 bits per heavy atom. The summed E-state index contributed by atoms with van der Waals surface area (Å²) in [6.07, 6.45) is -4.89. The minimum atomic E-state index is -4.65. The van der Waals surface area contributed by atoms with Gasteiger partial charge in [-0.3, -0.25) is 0 Å². The number of para-hydroxylation sites is 1. The van der Waals surface area contributed by atoms with Crippen LogP contribution >= 0.6 is 0 Å². The number of halogens is 3. The third-order valence-corrected chi connectivity index (χ3v) is 1.82. The second-order valence-electron chi connectivity index (χ2n) is 2.91. The van der Waals surface area contributed by atoms with Crippen molar-refractivity contribution < 1.29 is 22.6 Å². The molecule has 1 saturated heterocycles. The number of rotatable bonds is 2. The van der Waals surface area contributed by atoms with Crippen LogP contribution < -0.4 is 4.74 Å². The molecule has 2 rings (SSSR count).